The molecular formula is C14H17NO4. The lowest BCUT2D eigenvalue weighted by Crippen LogP contribution is -2.52. The Kier molecular flexibility index (Phi) is 3.85. The van der Waals surface area contributed by atoms with E-state index in [4.69, 9.17) is 9.84 Å². The molecule has 102 valence electrons. The van der Waals surface area contributed by atoms with Crippen LogP contribution in [0.4, 0.5) is 0 Å². The number of carbonyl (C=O) groups excluding carboxylic acids is 1. The molecule has 2 rings (SSSR count). The Morgan fingerprint density at radius 1 is 1.32 bits per heavy atom. The Balaban J connectivity index is 2.34. The first kappa shape index (κ1) is 13.5. The highest BCUT2D eigenvalue weighted by molar-refractivity contribution is 5.99. The molecular weight excluding hydrogens is 246 g/mol. The largest absolute Gasteiger partial charge is 0.480 e. The summed E-state index contributed by atoms with van der Waals surface area (Å²) in [6.45, 7) is 4.45. The second-order valence-electron chi connectivity index (χ2n) is 4.69. The molecule has 0 bridgehead atoms. The van der Waals surface area contributed by atoms with Crippen molar-refractivity contribution in [1.82, 2.24) is 4.90 Å². The van der Waals surface area contributed by atoms with Crippen molar-refractivity contribution >= 4 is 11.9 Å². The zero-order valence-corrected chi connectivity index (χ0v) is 11.0. The molecule has 1 aromatic carbocycles. The molecule has 1 aliphatic rings. The van der Waals surface area contributed by atoms with Crippen LogP contribution in [0.2, 0.25) is 0 Å². The van der Waals surface area contributed by atoms with Gasteiger partial charge in [0.15, 0.2) is 6.04 Å². The molecule has 1 aliphatic heterocycles. The maximum absolute atomic E-state index is 12.6. The van der Waals surface area contributed by atoms with E-state index in [1.807, 2.05) is 32.0 Å². The van der Waals surface area contributed by atoms with Crippen LogP contribution in [0.3, 0.4) is 0 Å². The third-order valence-electron chi connectivity index (χ3n) is 3.37. The highest BCUT2D eigenvalue weighted by atomic mass is 16.5. The number of hydrogen-bond acceptors (Lipinski definition) is 3. The van der Waals surface area contributed by atoms with E-state index in [1.165, 1.54) is 4.90 Å². The van der Waals surface area contributed by atoms with Gasteiger partial charge in [0.05, 0.1) is 13.2 Å². The third-order valence-corrected chi connectivity index (χ3v) is 3.37. The van der Waals surface area contributed by atoms with Gasteiger partial charge in [0, 0.05) is 12.1 Å². The number of carboxylic acids is 1. The summed E-state index contributed by atoms with van der Waals surface area (Å²) in [7, 11) is 0. The minimum absolute atomic E-state index is 0.0476. The molecule has 0 aromatic heterocycles. The lowest BCUT2D eigenvalue weighted by atomic mass is 10.0. The topological polar surface area (TPSA) is 66.8 Å². The van der Waals surface area contributed by atoms with Gasteiger partial charge in [0.25, 0.3) is 5.91 Å². The zero-order valence-electron chi connectivity index (χ0n) is 11.0. The number of ether oxygens (including phenoxy) is 1. The summed E-state index contributed by atoms with van der Waals surface area (Å²) in [4.78, 5) is 25.1. The van der Waals surface area contributed by atoms with E-state index < -0.39 is 12.0 Å². The Bertz CT molecular complexity index is 492. The standard InChI is InChI=1S/C14H17NO4/c1-9-4-3-5-10(2)12(9)13(16)15-6-7-19-8-11(15)14(17)18/h3-5,11H,6-8H2,1-2H3,(H,17,18). The van der Waals surface area contributed by atoms with Gasteiger partial charge in [-0.25, -0.2) is 4.79 Å². The van der Waals surface area contributed by atoms with Crippen LogP contribution < -0.4 is 0 Å². The van der Waals surface area contributed by atoms with Gasteiger partial charge in [-0.3, -0.25) is 4.79 Å². The van der Waals surface area contributed by atoms with Crippen LogP contribution in [0.1, 0.15) is 21.5 Å². The van der Waals surface area contributed by atoms with Gasteiger partial charge in [-0.2, -0.15) is 0 Å². The molecule has 19 heavy (non-hydrogen) atoms. The van der Waals surface area contributed by atoms with Crippen molar-refractivity contribution in [3.05, 3.63) is 34.9 Å². The van der Waals surface area contributed by atoms with Gasteiger partial charge in [0.2, 0.25) is 0 Å². The van der Waals surface area contributed by atoms with E-state index in [2.05, 4.69) is 0 Å². The molecule has 0 radical (unpaired) electrons. The fourth-order valence-corrected chi connectivity index (χ4v) is 2.35. The number of carboxylic acid groups (broad SMARTS) is 1. The molecule has 1 aromatic rings. The highest BCUT2D eigenvalue weighted by Gasteiger charge is 2.34. The number of aliphatic carboxylic acids is 1. The summed E-state index contributed by atoms with van der Waals surface area (Å²) in [5, 5.41) is 9.17. The average Bonchev–Trinajstić information content (AvgIpc) is 2.38. The maximum Gasteiger partial charge on any atom is 0.328 e. The Hall–Kier alpha value is -1.88. The van der Waals surface area contributed by atoms with E-state index in [9.17, 15) is 9.59 Å². The second kappa shape index (κ2) is 5.40. The summed E-state index contributed by atoms with van der Waals surface area (Å²) >= 11 is 0. The van der Waals surface area contributed by atoms with E-state index in [0.29, 0.717) is 18.7 Å². The summed E-state index contributed by atoms with van der Waals surface area (Å²) in [5.41, 5.74) is 2.32. The molecule has 0 spiro atoms. The van der Waals surface area contributed by atoms with Gasteiger partial charge in [-0.1, -0.05) is 18.2 Å². The third kappa shape index (κ3) is 2.61. The van der Waals surface area contributed by atoms with Crippen LogP contribution in [0, 0.1) is 13.8 Å². The van der Waals surface area contributed by atoms with Gasteiger partial charge in [0.1, 0.15) is 0 Å². The van der Waals surface area contributed by atoms with Crippen LogP contribution in [-0.4, -0.2) is 47.7 Å². The average molecular weight is 263 g/mol. The summed E-state index contributed by atoms with van der Waals surface area (Å²) in [6, 6.07) is 4.70. The molecule has 5 nitrogen and oxygen atoms in total. The minimum atomic E-state index is -1.03. The van der Waals surface area contributed by atoms with Crippen molar-refractivity contribution in [2.45, 2.75) is 19.9 Å². The predicted octanol–water partition coefficient (Wildman–Crippen LogP) is 1.23. The summed E-state index contributed by atoms with van der Waals surface area (Å²) < 4.78 is 5.15. The number of morpholine rings is 1. The SMILES string of the molecule is Cc1cccc(C)c1C(=O)N1CCOCC1C(=O)O. The van der Waals surface area contributed by atoms with Crippen molar-refractivity contribution in [1.29, 1.82) is 0 Å². The molecule has 1 heterocycles. The van der Waals surface area contributed by atoms with E-state index in [0.717, 1.165) is 11.1 Å². The molecule has 0 aliphatic carbocycles. The molecule has 1 N–H and O–H groups in total. The smallest absolute Gasteiger partial charge is 0.328 e. The number of rotatable bonds is 2. The molecule has 1 amide bonds. The van der Waals surface area contributed by atoms with Gasteiger partial charge >= 0.3 is 5.97 Å². The van der Waals surface area contributed by atoms with Crippen molar-refractivity contribution in [3.63, 3.8) is 0 Å². The van der Waals surface area contributed by atoms with Crippen molar-refractivity contribution < 1.29 is 19.4 Å². The van der Waals surface area contributed by atoms with E-state index >= 15 is 0 Å². The summed E-state index contributed by atoms with van der Waals surface area (Å²) in [6.07, 6.45) is 0. The molecule has 1 atom stereocenters. The fraction of sp³-hybridized carbons (Fsp3) is 0.429. The van der Waals surface area contributed by atoms with Gasteiger partial charge < -0.3 is 14.7 Å². The zero-order chi connectivity index (χ0) is 14.0. The first-order chi connectivity index (χ1) is 9.02. The minimum Gasteiger partial charge on any atom is -0.480 e. The van der Waals surface area contributed by atoms with Crippen molar-refractivity contribution in [2.75, 3.05) is 19.8 Å². The number of hydrogen-bond donors (Lipinski definition) is 1. The number of benzene rings is 1. The van der Waals surface area contributed by atoms with Crippen LogP contribution in [0.25, 0.3) is 0 Å². The Morgan fingerprint density at radius 3 is 2.53 bits per heavy atom. The van der Waals surface area contributed by atoms with E-state index in [1.54, 1.807) is 0 Å². The predicted molar refractivity (Wildman–Crippen MR) is 69.2 cm³/mol. The molecule has 1 saturated heterocycles. The second-order valence-corrected chi connectivity index (χ2v) is 4.69. The van der Waals surface area contributed by atoms with Crippen LogP contribution >= 0.6 is 0 Å². The number of aryl methyl sites for hydroxylation is 2. The Morgan fingerprint density at radius 2 is 1.95 bits per heavy atom. The molecule has 1 unspecified atom stereocenters. The van der Waals surface area contributed by atoms with Crippen LogP contribution in [-0.2, 0) is 9.53 Å². The normalized spacial score (nSPS) is 19.3. The number of amides is 1. The van der Waals surface area contributed by atoms with Crippen molar-refractivity contribution in [3.8, 4) is 0 Å². The van der Waals surface area contributed by atoms with Gasteiger partial charge in [-0.15, -0.1) is 0 Å². The van der Waals surface area contributed by atoms with Crippen molar-refractivity contribution in [2.24, 2.45) is 0 Å². The first-order valence-electron chi connectivity index (χ1n) is 6.20. The van der Waals surface area contributed by atoms with E-state index in [-0.39, 0.29) is 12.5 Å². The Labute approximate surface area is 111 Å². The number of carbonyl (C=O) groups is 2. The van der Waals surface area contributed by atoms with Gasteiger partial charge in [-0.05, 0) is 25.0 Å². The molecule has 0 saturated carbocycles. The quantitative estimate of drug-likeness (QED) is 0.871. The molecule has 5 heteroatoms. The van der Waals surface area contributed by atoms with Crippen LogP contribution in [0.15, 0.2) is 18.2 Å². The lowest BCUT2D eigenvalue weighted by molar-refractivity contribution is -0.147. The fourth-order valence-electron chi connectivity index (χ4n) is 2.35. The highest BCUT2D eigenvalue weighted by Crippen LogP contribution is 2.19. The lowest BCUT2D eigenvalue weighted by Gasteiger charge is -2.33. The number of nitrogens with zero attached hydrogens (tertiary/aromatic N) is 1. The molecule has 1 fully saturated rings. The maximum atomic E-state index is 12.6. The van der Waals surface area contributed by atoms with Crippen LogP contribution in [0.5, 0.6) is 0 Å². The first-order valence-corrected chi connectivity index (χ1v) is 6.20. The monoisotopic (exact) mass is 263 g/mol. The summed E-state index contributed by atoms with van der Waals surface area (Å²) in [5.74, 6) is -1.26.